The molecule has 0 amide bonds. The van der Waals surface area contributed by atoms with E-state index >= 15 is 0 Å². The number of anilines is 1. The molecule has 2 nitrogen and oxygen atoms in total. The first-order valence-electron chi connectivity index (χ1n) is 6.65. The highest BCUT2D eigenvalue weighted by Gasteiger charge is 2.15. The Kier molecular flexibility index (Phi) is 5.16. The number of piperidine rings is 1. The zero-order valence-electron chi connectivity index (χ0n) is 10.6. The Bertz CT molecular complexity index is 401. The number of halogens is 2. The monoisotopic (exact) mass is 286 g/mol. The largest absolute Gasteiger partial charge is 0.370 e. The van der Waals surface area contributed by atoms with Crippen molar-refractivity contribution >= 4 is 28.9 Å². The highest BCUT2D eigenvalue weighted by Crippen LogP contribution is 2.33. The third kappa shape index (κ3) is 3.31. The summed E-state index contributed by atoms with van der Waals surface area (Å²) >= 11 is 12.7. The van der Waals surface area contributed by atoms with E-state index in [0.29, 0.717) is 6.54 Å². The summed E-state index contributed by atoms with van der Waals surface area (Å²) in [4.78, 5) is 2.34. The van der Waals surface area contributed by atoms with Crippen LogP contribution in [0.1, 0.15) is 31.2 Å². The van der Waals surface area contributed by atoms with E-state index in [1.165, 1.54) is 19.3 Å². The molecule has 0 atom stereocenters. The lowest BCUT2D eigenvalue weighted by Crippen LogP contribution is -2.29. The Morgan fingerprint density at radius 2 is 1.78 bits per heavy atom. The second-order valence-electron chi connectivity index (χ2n) is 4.83. The first-order chi connectivity index (χ1) is 8.72. The number of hydrogen-bond acceptors (Lipinski definition) is 2. The molecule has 1 aliphatic rings. The van der Waals surface area contributed by atoms with E-state index in [-0.39, 0.29) is 0 Å². The molecule has 0 aromatic heterocycles. The van der Waals surface area contributed by atoms with E-state index in [2.05, 4.69) is 4.90 Å². The average Bonchev–Trinajstić information content (AvgIpc) is 2.40. The summed E-state index contributed by atoms with van der Waals surface area (Å²) < 4.78 is 0. The molecule has 0 spiro atoms. The number of benzene rings is 1. The molecule has 0 radical (unpaired) electrons. The number of rotatable bonds is 4. The summed E-state index contributed by atoms with van der Waals surface area (Å²) in [6, 6.07) is 4.02. The highest BCUT2D eigenvalue weighted by atomic mass is 35.5. The van der Waals surface area contributed by atoms with Gasteiger partial charge < -0.3 is 10.6 Å². The Balaban J connectivity index is 2.18. The van der Waals surface area contributed by atoms with Crippen LogP contribution in [-0.2, 0) is 6.42 Å². The third-order valence-electron chi connectivity index (χ3n) is 3.46. The first kappa shape index (κ1) is 14.0. The van der Waals surface area contributed by atoms with Crippen molar-refractivity contribution in [3.8, 4) is 0 Å². The predicted molar refractivity (Wildman–Crippen MR) is 79.9 cm³/mol. The Morgan fingerprint density at radius 1 is 1.06 bits per heavy atom. The average molecular weight is 287 g/mol. The third-order valence-corrected chi connectivity index (χ3v) is 4.12. The summed E-state index contributed by atoms with van der Waals surface area (Å²) in [5.74, 6) is 0. The molecule has 1 saturated heterocycles. The van der Waals surface area contributed by atoms with Gasteiger partial charge in [-0.3, -0.25) is 0 Å². The van der Waals surface area contributed by atoms with Crippen LogP contribution in [0.4, 0.5) is 5.69 Å². The normalized spacial score (nSPS) is 16.1. The van der Waals surface area contributed by atoms with Crippen LogP contribution < -0.4 is 10.6 Å². The highest BCUT2D eigenvalue weighted by molar-refractivity contribution is 6.35. The molecular weight excluding hydrogens is 267 g/mol. The SMILES string of the molecule is NCCCc1cc(Cl)c(N2CCCCC2)cc1Cl. The molecule has 18 heavy (non-hydrogen) atoms. The molecule has 2 N–H and O–H groups in total. The molecule has 2 rings (SSSR count). The van der Waals surface area contributed by atoms with Crippen LogP contribution in [0.25, 0.3) is 0 Å². The lowest BCUT2D eigenvalue weighted by Gasteiger charge is -2.30. The van der Waals surface area contributed by atoms with Gasteiger partial charge in [0.1, 0.15) is 0 Å². The summed E-state index contributed by atoms with van der Waals surface area (Å²) in [5, 5.41) is 1.63. The molecule has 0 bridgehead atoms. The molecule has 4 heteroatoms. The Hall–Kier alpha value is -0.440. The van der Waals surface area contributed by atoms with Crippen LogP contribution in [0.5, 0.6) is 0 Å². The minimum atomic E-state index is 0.682. The van der Waals surface area contributed by atoms with E-state index in [1.54, 1.807) is 0 Å². The van der Waals surface area contributed by atoms with Crippen molar-refractivity contribution < 1.29 is 0 Å². The van der Waals surface area contributed by atoms with E-state index in [9.17, 15) is 0 Å². The molecule has 0 unspecified atom stereocenters. The van der Waals surface area contributed by atoms with Gasteiger partial charge in [0, 0.05) is 18.1 Å². The van der Waals surface area contributed by atoms with Crippen molar-refractivity contribution in [3.63, 3.8) is 0 Å². The molecule has 1 aromatic rings. The maximum absolute atomic E-state index is 6.38. The molecule has 1 fully saturated rings. The second-order valence-corrected chi connectivity index (χ2v) is 5.65. The van der Waals surface area contributed by atoms with Crippen LogP contribution in [0, 0.1) is 0 Å². The zero-order chi connectivity index (χ0) is 13.0. The van der Waals surface area contributed by atoms with Gasteiger partial charge >= 0.3 is 0 Å². The molecule has 0 aliphatic carbocycles. The van der Waals surface area contributed by atoms with Gasteiger partial charge in [-0.1, -0.05) is 23.2 Å². The van der Waals surface area contributed by atoms with Gasteiger partial charge in [-0.15, -0.1) is 0 Å². The second kappa shape index (κ2) is 6.65. The van der Waals surface area contributed by atoms with Gasteiger partial charge in [0.05, 0.1) is 10.7 Å². The number of nitrogens with two attached hydrogens (primary N) is 1. The van der Waals surface area contributed by atoms with Crippen molar-refractivity contribution in [2.75, 3.05) is 24.5 Å². The number of hydrogen-bond donors (Lipinski definition) is 1. The van der Waals surface area contributed by atoms with E-state index in [0.717, 1.165) is 47.2 Å². The first-order valence-corrected chi connectivity index (χ1v) is 7.41. The summed E-state index contributed by atoms with van der Waals surface area (Å²) in [5.41, 5.74) is 7.71. The van der Waals surface area contributed by atoms with Gasteiger partial charge in [-0.05, 0) is 56.3 Å². The Labute approximate surface area is 119 Å². The van der Waals surface area contributed by atoms with Gasteiger partial charge in [0.25, 0.3) is 0 Å². The fourth-order valence-corrected chi connectivity index (χ4v) is 3.00. The minimum absolute atomic E-state index is 0.682. The molecule has 1 aromatic carbocycles. The fraction of sp³-hybridized carbons (Fsp3) is 0.571. The number of nitrogens with zero attached hydrogens (tertiary/aromatic N) is 1. The molecule has 0 saturated carbocycles. The van der Waals surface area contributed by atoms with Crippen molar-refractivity contribution in [2.24, 2.45) is 5.73 Å². The summed E-state index contributed by atoms with van der Waals surface area (Å²) in [6.45, 7) is 2.85. The lowest BCUT2D eigenvalue weighted by molar-refractivity contribution is 0.578. The van der Waals surface area contributed by atoms with Crippen molar-refractivity contribution in [2.45, 2.75) is 32.1 Å². The quantitative estimate of drug-likeness (QED) is 0.910. The van der Waals surface area contributed by atoms with Gasteiger partial charge in [0.15, 0.2) is 0 Å². The lowest BCUT2D eigenvalue weighted by atomic mass is 10.1. The minimum Gasteiger partial charge on any atom is -0.370 e. The summed E-state index contributed by atoms with van der Waals surface area (Å²) in [6.07, 6.45) is 5.64. The van der Waals surface area contributed by atoms with Crippen molar-refractivity contribution in [1.82, 2.24) is 0 Å². The van der Waals surface area contributed by atoms with Gasteiger partial charge in [0.2, 0.25) is 0 Å². The van der Waals surface area contributed by atoms with E-state index in [4.69, 9.17) is 28.9 Å². The fourth-order valence-electron chi connectivity index (χ4n) is 2.44. The standard InChI is InChI=1S/C14H20Cl2N2/c15-12-10-14(18-7-2-1-3-8-18)13(16)9-11(12)5-4-6-17/h9-10H,1-8,17H2. The van der Waals surface area contributed by atoms with Crippen LogP contribution in [0.15, 0.2) is 12.1 Å². The van der Waals surface area contributed by atoms with Gasteiger partial charge in [-0.25, -0.2) is 0 Å². The topological polar surface area (TPSA) is 29.3 Å². The molecule has 1 aliphatic heterocycles. The van der Waals surface area contributed by atoms with E-state index < -0.39 is 0 Å². The smallest absolute Gasteiger partial charge is 0.0643 e. The van der Waals surface area contributed by atoms with Crippen molar-refractivity contribution in [1.29, 1.82) is 0 Å². The summed E-state index contributed by atoms with van der Waals surface area (Å²) in [7, 11) is 0. The molecule has 100 valence electrons. The van der Waals surface area contributed by atoms with Crippen LogP contribution in [0.3, 0.4) is 0 Å². The van der Waals surface area contributed by atoms with Crippen LogP contribution in [-0.4, -0.2) is 19.6 Å². The molecule has 1 heterocycles. The molecular formula is C14H20Cl2N2. The number of aryl methyl sites for hydroxylation is 1. The van der Waals surface area contributed by atoms with E-state index in [1.807, 2.05) is 12.1 Å². The maximum atomic E-state index is 6.38. The maximum Gasteiger partial charge on any atom is 0.0643 e. The Morgan fingerprint density at radius 3 is 2.44 bits per heavy atom. The van der Waals surface area contributed by atoms with Crippen molar-refractivity contribution in [3.05, 3.63) is 27.7 Å². The van der Waals surface area contributed by atoms with Gasteiger partial charge in [-0.2, -0.15) is 0 Å². The zero-order valence-corrected chi connectivity index (χ0v) is 12.1. The van der Waals surface area contributed by atoms with Crippen LogP contribution in [0.2, 0.25) is 10.0 Å². The predicted octanol–water partition coefficient (Wildman–Crippen LogP) is 3.88. The van der Waals surface area contributed by atoms with Crippen LogP contribution >= 0.6 is 23.2 Å².